The third-order valence-corrected chi connectivity index (χ3v) is 6.18. The molecule has 0 aliphatic rings. The van der Waals surface area contributed by atoms with Gasteiger partial charge in [-0.05, 0) is 71.2 Å². The average Bonchev–Trinajstić information content (AvgIpc) is 3.14. The van der Waals surface area contributed by atoms with Crippen LogP contribution in [-0.4, -0.2) is 15.7 Å². The number of hydrogen-bond acceptors (Lipinski definition) is 3. The molecule has 0 spiro atoms. The van der Waals surface area contributed by atoms with E-state index in [9.17, 15) is 9.18 Å². The summed E-state index contributed by atoms with van der Waals surface area (Å²) in [7, 11) is 0. The number of nitrogens with one attached hydrogen (secondary N) is 1. The number of nitrogens with zero attached hydrogens (tertiary/aromatic N) is 2. The number of ether oxygens (including phenoxy) is 1. The fraction of sp³-hybridized carbons (Fsp3) is 0.154. The largest absolute Gasteiger partial charge is 0.489 e. The number of aryl methyl sites for hydroxylation is 2. The van der Waals surface area contributed by atoms with Crippen molar-refractivity contribution >= 4 is 39.3 Å². The standard InChI is InChI=1S/C26H22BrClFN3O2/c1-16-9-10-24(17(2)11-16)34-15-18-5-3-6-19(12-18)26(33)30-25-21(27)14-32(31-25)13-20-22(28)7-4-8-23(20)29/h3-12,14H,13,15H2,1-2H3,(H,30,31,33). The van der Waals surface area contributed by atoms with Crippen LogP contribution < -0.4 is 10.1 Å². The molecule has 3 aromatic carbocycles. The molecule has 1 N–H and O–H groups in total. The van der Waals surface area contributed by atoms with Crippen molar-refractivity contribution in [2.75, 3.05) is 5.32 Å². The van der Waals surface area contributed by atoms with Gasteiger partial charge in [0.2, 0.25) is 0 Å². The maximum Gasteiger partial charge on any atom is 0.256 e. The van der Waals surface area contributed by atoms with Gasteiger partial charge in [-0.3, -0.25) is 9.48 Å². The molecule has 0 radical (unpaired) electrons. The highest BCUT2D eigenvalue weighted by Crippen LogP contribution is 2.25. The van der Waals surface area contributed by atoms with Gasteiger partial charge in [-0.25, -0.2) is 4.39 Å². The highest BCUT2D eigenvalue weighted by molar-refractivity contribution is 9.10. The van der Waals surface area contributed by atoms with Crippen molar-refractivity contribution in [1.29, 1.82) is 0 Å². The predicted molar refractivity (Wildman–Crippen MR) is 135 cm³/mol. The second-order valence-electron chi connectivity index (χ2n) is 7.94. The Kier molecular flexibility index (Phi) is 7.34. The lowest BCUT2D eigenvalue weighted by molar-refractivity contribution is 0.102. The Hall–Kier alpha value is -3.16. The van der Waals surface area contributed by atoms with E-state index in [4.69, 9.17) is 16.3 Å². The van der Waals surface area contributed by atoms with Gasteiger partial charge in [-0.15, -0.1) is 0 Å². The molecular weight excluding hydrogens is 521 g/mol. The molecular formula is C26H22BrClFN3O2. The Labute approximate surface area is 210 Å². The van der Waals surface area contributed by atoms with Crippen LogP contribution in [0.4, 0.5) is 10.2 Å². The maximum atomic E-state index is 14.1. The summed E-state index contributed by atoms with van der Waals surface area (Å²) in [6, 6.07) is 17.8. The van der Waals surface area contributed by atoms with Crippen molar-refractivity contribution in [2.24, 2.45) is 0 Å². The monoisotopic (exact) mass is 541 g/mol. The number of anilines is 1. The third-order valence-electron chi connectivity index (χ3n) is 5.24. The van der Waals surface area contributed by atoms with Crippen LogP contribution in [0.1, 0.15) is 32.6 Å². The first-order valence-electron chi connectivity index (χ1n) is 10.6. The number of halogens is 3. The minimum atomic E-state index is -0.412. The van der Waals surface area contributed by atoms with Crippen LogP contribution in [0.3, 0.4) is 0 Å². The number of amides is 1. The molecule has 0 saturated heterocycles. The van der Waals surface area contributed by atoms with Crippen LogP contribution in [0.15, 0.2) is 71.3 Å². The fourth-order valence-electron chi connectivity index (χ4n) is 3.51. The molecule has 0 fully saturated rings. The van der Waals surface area contributed by atoms with E-state index >= 15 is 0 Å². The predicted octanol–water partition coefficient (Wildman–Crippen LogP) is 6.93. The van der Waals surface area contributed by atoms with Crippen molar-refractivity contribution in [3.8, 4) is 5.75 Å². The molecule has 4 rings (SSSR count). The summed E-state index contributed by atoms with van der Waals surface area (Å²) >= 11 is 9.51. The smallest absolute Gasteiger partial charge is 0.256 e. The molecule has 4 aromatic rings. The van der Waals surface area contributed by atoms with Crippen molar-refractivity contribution < 1.29 is 13.9 Å². The van der Waals surface area contributed by atoms with Gasteiger partial charge < -0.3 is 10.1 Å². The lowest BCUT2D eigenvalue weighted by Gasteiger charge is -2.11. The van der Waals surface area contributed by atoms with Gasteiger partial charge in [0.15, 0.2) is 5.82 Å². The topological polar surface area (TPSA) is 56.1 Å². The first-order valence-corrected chi connectivity index (χ1v) is 11.7. The van der Waals surface area contributed by atoms with Gasteiger partial charge in [0, 0.05) is 22.3 Å². The van der Waals surface area contributed by atoms with E-state index < -0.39 is 5.82 Å². The summed E-state index contributed by atoms with van der Waals surface area (Å²) < 4.78 is 22.1. The molecule has 174 valence electrons. The number of hydrogen-bond donors (Lipinski definition) is 1. The van der Waals surface area contributed by atoms with Gasteiger partial charge in [0.25, 0.3) is 5.91 Å². The van der Waals surface area contributed by atoms with E-state index in [0.717, 1.165) is 16.9 Å². The van der Waals surface area contributed by atoms with E-state index in [2.05, 4.69) is 32.4 Å². The zero-order chi connectivity index (χ0) is 24.2. The first kappa shape index (κ1) is 24.0. The molecule has 0 aliphatic carbocycles. The quantitative estimate of drug-likeness (QED) is 0.275. The molecule has 1 amide bonds. The second kappa shape index (κ2) is 10.4. The van der Waals surface area contributed by atoms with E-state index in [1.807, 2.05) is 38.1 Å². The van der Waals surface area contributed by atoms with Crippen LogP contribution in [0.5, 0.6) is 5.75 Å². The highest BCUT2D eigenvalue weighted by atomic mass is 79.9. The fourth-order valence-corrected chi connectivity index (χ4v) is 4.15. The van der Waals surface area contributed by atoms with Gasteiger partial charge >= 0.3 is 0 Å². The van der Waals surface area contributed by atoms with E-state index in [1.54, 1.807) is 30.5 Å². The summed E-state index contributed by atoms with van der Waals surface area (Å²) in [5, 5.41) is 7.47. The minimum absolute atomic E-state index is 0.130. The van der Waals surface area contributed by atoms with Gasteiger partial charge in [-0.2, -0.15) is 5.10 Å². The number of carbonyl (C=O) groups is 1. The molecule has 0 bridgehead atoms. The van der Waals surface area contributed by atoms with Crippen LogP contribution in [0.2, 0.25) is 5.02 Å². The van der Waals surface area contributed by atoms with Crippen molar-refractivity contribution in [3.63, 3.8) is 0 Å². The van der Waals surface area contributed by atoms with Gasteiger partial charge in [-0.1, -0.05) is 47.5 Å². The summed E-state index contributed by atoms with van der Waals surface area (Å²) in [6.07, 6.45) is 1.66. The first-order chi connectivity index (χ1) is 16.3. The Balaban J connectivity index is 1.44. The summed E-state index contributed by atoms with van der Waals surface area (Å²) in [5.41, 5.74) is 3.90. The van der Waals surface area contributed by atoms with E-state index in [0.29, 0.717) is 33.0 Å². The second-order valence-corrected chi connectivity index (χ2v) is 9.20. The molecule has 1 aromatic heterocycles. The van der Waals surface area contributed by atoms with Crippen molar-refractivity contribution in [3.05, 3.63) is 110 Å². The van der Waals surface area contributed by atoms with E-state index in [1.165, 1.54) is 16.3 Å². The summed E-state index contributed by atoms with van der Waals surface area (Å²) in [4.78, 5) is 12.9. The Bertz CT molecular complexity index is 1340. The minimum Gasteiger partial charge on any atom is -0.489 e. The Morgan fingerprint density at radius 1 is 1.15 bits per heavy atom. The van der Waals surface area contributed by atoms with E-state index in [-0.39, 0.29) is 12.5 Å². The molecule has 8 heteroatoms. The van der Waals surface area contributed by atoms with Gasteiger partial charge in [0.05, 0.1) is 11.0 Å². The molecule has 1 heterocycles. The normalized spacial score (nSPS) is 10.9. The number of rotatable bonds is 7. The maximum absolute atomic E-state index is 14.1. The van der Waals surface area contributed by atoms with Crippen LogP contribution in [0, 0.1) is 19.7 Å². The number of aromatic nitrogens is 2. The molecule has 0 aliphatic heterocycles. The lowest BCUT2D eigenvalue weighted by atomic mass is 10.1. The summed E-state index contributed by atoms with van der Waals surface area (Å²) in [6.45, 7) is 4.51. The Morgan fingerprint density at radius 2 is 1.94 bits per heavy atom. The number of carbonyl (C=O) groups excluding carboxylic acids is 1. The SMILES string of the molecule is Cc1ccc(OCc2cccc(C(=O)Nc3nn(Cc4c(F)cccc4Cl)cc3Br)c2)c(C)c1. The van der Waals surface area contributed by atoms with Crippen LogP contribution in [-0.2, 0) is 13.2 Å². The van der Waals surface area contributed by atoms with Crippen molar-refractivity contribution in [1.82, 2.24) is 9.78 Å². The molecule has 5 nitrogen and oxygen atoms in total. The molecule has 0 atom stereocenters. The lowest BCUT2D eigenvalue weighted by Crippen LogP contribution is -2.14. The average molecular weight is 543 g/mol. The molecule has 0 saturated carbocycles. The highest BCUT2D eigenvalue weighted by Gasteiger charge is 2.15. The zero-order valence-corrected chi connectivity index (χ0v) is 21.0. The Morgan fingerprint density at radius 3 is 2.71 bits per heavy atom. The van der Waals surface area contributed by atoms with Crippen molar-refractivity contribution in [2.45, 2.75) is 27.0 Å². The summed E-state index contributed by atoms with van der Waals surface area (Å²) in [5.74, 6) is 0.409. The molecule has 0 unspecified atom stereocenters. The van der Waals surface area contributed by atoms with Crippen LogP contribution >= 0.6 is 27.5 Å². The van der Waals surface area contributed by atoms with Crippen LogP contribution in [0.25, 0.3) is 0 Å². The third kappa shape index (κ3) is 5.66. The molecule has 34 heavy (non-hydrogen) atoms. The zero-order valence-electron chi connectivity index (χ0n) is 18.6. The number of benzene rings is 3. The van der Waals surface area contributed by atoms with Gasteiger partial charge in [0.1, 0.15) is 18.2 Å².